The summed E-state index contributed by atoms with van der Waals surface area (Å²) in [7, 11) is 0. The van der Waals surface area contributed by atoms with Gasteiger partial charge in [-0.25, -0.2) is 0 Å². The number of aliphatic carboxylic acids is 1. The minimum absolute atomic E-state index is 0.0658. The molecular formula is C18H29NO2. The standard InChI is InChI=1S/C18H29NO2/c1-7-19(8-2)16(11-18(20)21)10-17-14(5)12(3)9-13(4)15(17)6/h9,16H,7-8,10-11H2,1-6H3,(H,20,21). The molecular weight excluding hydrogens is 262 g/mol. The number of rotatable bonds is 7. The molecule has 3 heteroatoms. The van der Waals surface area contributed by atoms with Crippen LogP contribution < -0.4 is 0 Å². The number of hydrogen-bond donors (Lipinski definition) is 1. The molecule has 0 saturated carbocycles. The van der Waals surface area contributed by atoms with Crippen molar-refractivity contribution >= 4 is 5.97 Å². The van der Waals surface area contributed by atoms with Crippen LogP contribution in [0.1, 0.15) is 48.1 Å². The maximum atomic E-state index is 11.2. The van der Waals surface area contributed by atoms with Gasteiger partial charge in [-0.1, -0.05) is 19.9 Å². The second kappa shape index (κ2) is 7.60. The number of nitrogens with zero attached hydrogens (tertiary/aromatic N) is 1. The van der Waals surface area contributed by atoms with E-state index in [0.29, 0.717) is 0 Å². The van der Waals surface area contributed by atoms with Crippen LogP contribution in [0, 0.1) is 27.7 Å². The van der Waals surface area contributed by atoms with E-state index in [1.807, 2.05) is 0 Å². The average Bonchev–Trinajstić information content (AvgIpc) is 2.41. The predicted octanol–water partition coefficient (Wildman–Crippen LogP) is 3.65. The Morgan fingerprint density at radius 3 is 1.95 bits per heavy atom. The van der Waals surface area contributed by atoms with Crippen molar-refractivity contribution in [3.05, 3.63) is 33.9 Å². The Hall–Kier alpha value is -1.35. The second-order valence-electron chi connectivity index (χ2n) is 5.92. The molecule has 0 aliphatic carbocycles. The van der Waals surface area contributed by atoms with Crippen LogP contribution in [0.5, 0.6) is 0 Å². The molecule has 0 aromatic heterocycles. The van der Waals surface area contributed by atoms with Crippen LogP contribution >= 0.6 is 0 Å². The van der Waals surface area contributed by atoms with E-state index in [0.717, 1.165) is 19.5 Å². The number of likely N-dealkylation sites (N-methyl/N-ethyl adjacent to an activating group) is 1. The molecule has 0 aliphatic heterocycles. The van der Waals surface area contributed by atoms with E-state index in [9.17, 15) is 9.90 Å². The topological polar surface area (TPSA) is 40.5 Å². The highest BCUT2D eigenvalue weighted by Crippen LogP contribution is 2.25. The van der Waals surface area contributed by atoms with E-state index in [2.05, 4.69) is 52.5 Å². The molecule has 1 atom stereocenters. The molecule has 1 unspecified atom stereocenters. The Morgan fingerprint density at radius 2 is 1.57 bits per heavy atom. The Morgan fingerprint density at radius 1 is 1.10 bits per heavy atom. The highest BCUT2D eigenvalue weighted by molar-refractivity contribution is 5.67. The van der Waals surface area contributed by atoms with Gasteiger partial charge in [-0.2, -0.15) is 0 Å². The quantitative estimate of drug-likeness (QED) is 0.833. The van der Waals surface area contributed by atoms with E-state index in [1.165, 1.54) is 27.8 Å². The normalized spacial score (nSPS) is 12.7. The second-order valence-corrected chi connectivity index (χ2v) is 5.92. The average molecular weight is 291 g/mol. The molecule has 0 fully saturated rings. The van der Waals surface area contributed by atoms with E-state index in [-0.39, 0.29) is 12.5 Å². The lowest BCUT2D eigenvalue weighted by Gasteiger charge is -2.30. The first-order chi connectivity index (χ1) is 9.81. The summed E-state index contributed by atoms with van der Waals surface area (Å²) < 4.78 is 0. The fourth-order valence-electron chi connectivity index (χ4n) is 3.11. The van der Waals surface area contributed by atoms with Gasteiger partial charge in [-0.15, -0.1) is 0 Å². The maximum Gasteiger partial charge on any atom is 0.304 e. The van der Waals surface area contributed by atoms with Crippen molar-refractivity contribution in [2.24, 2.45) is 0 Å². The number of carboxylic acids is 1. The summed E-state index contributed by atoms with van der Waals surface area (Å²) in [4.78, 5) is 13.5. The molecule has 0 aliphatic rings. The van der Waals surface area contributed by atoms with Gasteiger partial charge in [0.05, 0.1) is 6.42 Å². The number of aryl methyl sites for hydroxylation is 2. The third-order valence-corrected chi connectivity index (χ3v) is 4.70. The molecule has 3 nitrogen and oxygen atoms in total. The zero-order chi connectivity index (χ0) is 16.2. The third-order valence-electron chi connectivity index (χ3n) is 4.70. The molecule has 1 rings (SSSR count). The minimum Gasteiger partial charge on any atom is -0.481 e. The SMILES string of the molecule is CCN(CC)C(CC(=O)O)Cc1c(C)c(C)cc(C)c1C. The Bertz CT molecular complexity index is 478. The highest BCUT2D eigenvalue weighted by Gasteiger charge is 2.22. The van der Waals surface area contributed by atoms with Gasteiger partial charge in [0.2, 0.25) is 0 Å². The number of carboxylic acid groups (broad SMARTS) is 1. The fourth-order valence-corrected chi connectivity index (χ4v) is 3.11. The van der Waals surface area contributed by atoms with Gasteiger partial charge in [-0.3, -0.25) is 4.79 Å². The molecule has 0 amide bonds. The van der Waals surface area contributed by atoms with Crippen LogP contribution in [-0.4, -0.2) is 35.1 Å². The highest BCUT2D eigenvalue weighted by atomic mass is 16.4. The number of hydrogen-bond acceptors (Lipinski definition) is 2. The summed E-state index contributed by atoms with van der Waals surface area (Å²) in [5, 5.41) is 9.22. The van der Waals surface area contributed by atoms with Gasteiger partial charge in [0.1, 0.15) is 0 Å². The van der Waals surface area contributed by atoms with Crippen molar-refractivity contribution in [1.82, 2.24) is 4.90 Å². The molecule has 1 aromatic carbocycles. The van der Waals surface area contributed by atoms with Gasteiger partial charge >= 0.3 is 5.97 Å². The predicted molar refractivity (Wildman–Crippen MR) is 88.1 cm³/mol. The van der Waals surface area contributed by atoms with E-state index in [4.69, 9.17) is 0 Å². The molecule has 0 heterocycles. The van der Waals surface area contributed by atoms with E-state index >= 15 is 0 Å². The zero-order valence-electron chi connectivity index (χ0n) is 14.3. The molecule has 0 radical (unpaired) electrons. The van der Waals surface area contributed by atoms with Gasteiger partial charge < -0.3 is 10.0 Å². The van der Waals surface area contributed by atoms with Crippen molar-refractivity contribution in [3.63, 3.8) is 0 Å². The summed E-state index contributed by atoms with van der Waals surface area (Å²) in [6, 6.07) is 2.29. The lowest BCUT2D eigenvalue weighted by atomic mass is 9.89. The van der Waals surface area contributed by atoms with Crippen LogP contribution in [0.3, 0.4) is 0 Å². The van der Waals surface area contributed by atoms with Crippen LogP contribution in [0.15, 0.2) is 6.07 Å². The maximum absolute atomic E-state index is 11.2. The van der Waals surface area contributed by atoms with Crippen LogP contribution in [0.25, 0.3) is 0 Å². The third kappa shape index (κ3) is 4.31. The van der Waals surface area contributed by atoms with Crippen LogP contribution in [-0.2, 0) is 11.2 Å². The molecule has 0 spiro atoms. The van der Waals surface area contributed by atoms with Crippen molar-refractivity contribution in [2.45, 2.75) is 60.4 Å². The van der Waals surface area contributed by atoms with Gasteiger partial charge in [0, 0.05) is 6.04 Å². The van der Waals surface area contributed by atoms with Crippen molar-refractivity contribution < 1.29 is 9.90 Å². The first-order valence-corrected chi connectivity index (χ1v) is 7.83. The van der Waals surface area contributed by atoms with Crippen LogP contribution in [0.4, 0.5) is 0 Å². The molecule has 1 N–H and O–H groups in total. The Balaban J connectivity index is 3.17. The summed E-state index contributed by atoms with van der Waals surface area (Å²) in [5.74, 6) is -0.716. The van der Waals surface area contributed by atoms with Gasteiger partial charge in [0.25, 0.3) is 0 Å². The van der Waals surface area contributed by atoms with Gasteiger partial charge in [0.15, 0.2) is 0 Å². The Kier molecular flexibility index (Phi) is 6.41. The monoisotopic (exact) mass is 291 g/mol. The number of carbonyl (C=O) groups is 1. The summed E-state index contributed by atoms with van der Waals surface area (Å²) >= 11 is 0. The smallest absolute Gasteiger partial charge is 0.304 e. The van der Waals surface area contributed by atoms with E-state index < -0.39 is 5.97 Å². The lowest BCUT2D eigenvalue weighted by Crippen LogP contribution is -2.38. The van der Waals surface area contributed by atoms with Gasteiger partial charge in [-0.05, 0) is 75.0 Å². The first kappa shape index (κ1) is 17.7. The van der Waals surface area contributed by atoms with Crippen molar-refractivity contribution in [3.8, 4) is 0 Å². The molecule has 0 saturated heterocycles. The lowest BCUT2D eigenvalue weighted by molar-refractivity contribution is -0.138. The molecule has 1 aromatic rings. The van der Waals surface area contributed by atoms with Crippen molar-refractivity contribution in [2.75, 3.05) is 13.1 Å². The molecule has 0 bridgehead atoms. The zero-order valence-corrected chi connectivity index (χ0v) is 14.3. The summed E-state index contributed by atoms with van der Waals surface area (Å²) in [6.45, 7) is 14.5. The fraction of sp³-hybridized carbons (Fsp3) is 0.611. The largest absolute Gasteiger partial charge is 0.481 e. The summed E-state index contributed by atoms with van der Waals surface area (Å²) in [5.41, 5.74) is 6.52. The summed E-state index contributed by atoms with van der Waals surface area (Å²) in [6.07, 6.45) is 1.02. The Labute approximate surface area is 129 Å². The molecule has 118 valence electrons. The van der Waals surface area contributed by atoms with Crippen LogP contribution in [0.2, 0.25) is 0 Å². The first-order valence-electron chi connectivity index (χ1n) is 7.83. The molecule has 21 heavy (non-hydrogen) atoms. The number of benzene rings is 1. The van der Waals surface area contributed by atoms with E-state index in [1.54, 1.807) is 0 Å². The van der Waals surface area contributed by atoms with Crippen molar-refractivity contribution in [1.29, 1.82) is 0 Å². The minimum atomic E-state index is -0.716.